The Morgan fingerprint density at radius 2 is 2.00 bits per heavy atom. The zero-order valence-electron chi connectivity index (χ0n) is 5.07. The Morgan fingerprint density at radius 3 is 2.00 bits per heavy atom. The molecule has 1 aliphatic carbocycles. The first-order valence-corrected chi connectivity index (χ1v) is 2.63. The van der Waals surface area contributed by atoms with Crippen molar-refractivity contribution in [2.45, 2.75) is 26.7 Å². The molecule has 0 aliphatic heterocycles. The van der Waals surface area contributed by atoms with Gasteiger partial charge in [0.15, 0.2) is 0 Å². The van der Waals surface area contributed by atoms with E-state index >= 15 is 0 Å². The van der Waals surface area contributed by atoms with E-state index in [1.807, 2.05) is 0 Å². The zero-order valence-corrected chi connectivity index (χ0v) is 7.91. The topological polar surface area (TPSA) is 0 Å². The molecule has 0 spiro atoms. The predicted molar refractivity (Wildman–Crippen MR) is 27.3 cm³/mol. The summed E-state index contributed by atoms with van der Waals surface area (Å²) in [5.74, 6) is 2.64. The third-order valence-corrected chi connectivity index (χ3v) is 1.81. The van der Waals surface area contributed by atoms with Gasteiger partial charge in [0.25, 0.3) is 0 Å². The average molecular weight is 172 g/mol. The van der Waals surface area contributed by atoms with Gasteiger partial charge in [0.2, 0.25) is 0 Å². The van der Waals surface area contributed by atoms with Crippen molar-refractivity contribution < 1.29 is 32.7 Å². The van der Waals surface area contributed by atoms with Gasteiger partial charge in [0.1, 0.15) is 0 Å². The molecule has 1 fully saturated rings. The number of rotatable bonds is 0. The Morgan fingerprint density at radius 1 is 1.57 bits per heavy atom. The predicted octanol–water partition coefficient (Wildman–Crippen LogP) is 2.01. The fraction of sp³-hybridized carbons (Fsp3) is 0.833. The van der Waals surface area contributed by atoms with Crippen molar-refractivity contribution in [3.05, 3.63) is 5.92 Å². The van der Waals surface area contributed by atoms with Crippen molar-refractivity contribution in [3.63, 3.8) is 0 Å². The van der Waals surface area contributed by atoms with E-state index in [0.717, 1.165) is 5.92 Å². The Balaban J connectivity index is 0.000000360. The monoisotopic (exact) mass is 172 g/mol. The first-order valence-electron chi connectivity index (χ1n) is 2.63. The third kappa shape index (κ3) is 1.81. The first kappa shape index (κ1) is 8.10. The van der Waals surface area contributed by atoms with Crippen molar-refractivity contribution in [1.82, 2.24) is 0 Å². The second kappa shape index (κ2) is 3.19. The van der Waals surface area contributed by atoms with E-state index in [2.05, 4.69) is 13.8 Å². The van der Waals surface area contributed by atoms with Crippen molar-refractivity contribution in [2.24, 2.45) is 5.92 Å². The molecule has 7 heavy (non-hydrogen) atoms. The van der Waals surface area contributed by atoms with Crippen LogP contribution in [0, 0.1) is 11.8 Å². The van der Waals surface area contributed by atoms with Gasteiger partial charge >= 0.3 is 0 Å². The van der Waals surface area contributed by atoms with Gasteiger partial charge in [-0.3, -0.25) is 0 Å². The molecule has 0 amide bonds. The van der Waals surface area contributed by atoms with Gasteiger partial charge in [-0.1, -0.05) is 6.92 Å². The van der Waals surface area contributed by atoms with Crippen molar-refractivity contribution in [2.75, 3.05) is 0 Å². The SMILES string of the molecule is C[C-]1CCC1C.[Y]. The van der Waals surface area contributed by atoms with Crippen LogP contribution in [0.15, 0.2) is 0 Å². The summed E-state index contributed by atoms with van der Waals surface area (Å²) in [6.45, 7) is 4.53. The molecule has 0 N–H and O–H groups in total. The summed E-state index contributed by atoms with van der Waals surface area (Å²) in [6, 6.07) is 0. The fourth-order valence-electron chi connectivity index (χ4n) is 0.722. The van der Waals surface area contributed by atoms with E-state index in [4.69, 9.17) is 0 Å². The van der Waals surface area contributed by atoms with Gasteiger partial charge in [0, 0.05) is 32.7 Å². The normalized spacial score (nSPS) is 30.9. The van der Waals surface area contributed by atoms with E-state index in [-0.39, 0.29) is 32.7 Å². The summed E-state index contributed by atoms with van der Waals surface area (Å²) in [6.07, 6.45) is 2.83. The van der Waals surface area contributed by atoms with Crippen LogP contribution in [0.3, 0.4) is 0 Å². The van der Waals surface area contributed by atoms with Crippen LogP contribution in [0.5, 0.6) is 0 Å². The molecular weight excluding hydrogens is 161 g/mol. The summed E-state index contributed by atoms with van der Waals surface area (Å²) in [5.41, 5.74) is 0. The molecule has 0 aromatic heterocycles. The second-order valence-electron chi connectivity index (χ2n) is 2.29. The quantitative estimate of drug-likeness (QED) is 0.490. The van der Waals surface area contributed by atoms with Crippen LogP contribution in [0.2, 0.25) is 0 Å². The summed E-state index contributed by atoms with van der Waals surface area (Å²) in [5, 5.41) is 0. The van der Waals surface area contributed by atoms with Crippen LogP contribution in [0.4, 0.5) is 0 Å². The molecule has 39 valence electrons. The van der Waals surface area contributed by atoms with Crippen LogP contribution < -0.4 is 0 Å². The van der Waals surface area contributed by atoms with Gasteiger partial charge in [-0.05, 0) is 0 Å². The van der Waals surface area contributed by atoms with Crippen LogP contribution in [0.1, 0.15) is 26.7 Å². The molecule has 1 saturated carbocycles. The maximum atomic E-state index is 2.29. The minimum Gasteiger partial charge on any atom is -0.314 e. The van der Waals surface area contributed by atoms with E-state index < -0.39 is 0 Å². The van der Waals surface area contributed by atoms with Gasteiger partial charge < -0.3 is 5.92 Å². The number of hydrogen-bond acceptors (Lipinski definition) is 0. The molecule has 1 radical (unpaired) electrons. The summed E-state index contributed by atoms with van der Waals surface area (Å²) < 4.78 is 0. The molecule has 0 aromatic rings. The minimum atomic E-state index is 0. The number of hydrogen-bond donors (Lipinski definition) is 0. The zero-order chi connectivity index (χ0) is 4.57. The smallest absolute Gasteiger partial charge is 0 e. The van der Waals surface area contributed by atoms with Crippen LogP contribution in [-0.2, 0) is 32.7 Å². The maximum Gasteiger partial charge on any atom is 0 e. The second-order valence-corrected chi connectivity index (χ2v) is 2.29. The molecule has 1 heteroatoms. The maximum absolute atomic E-state index is 2.29. The van der Waals surface area contributed by atoms with E-state index in [1.54, 1.807) is 5.92 Å². The van der Waals surface area contributed by atoms with E-state index in [9.17, 15) is 0 Å². The molecule has 0 nitrogen and oxygen atoms in total. The van der Waals surface area contributed by atoms with Gasteiger partial charge in [-0.2, -0.15) is 19.3 Å². The summed E-state index contributed by atoms with van der Waals surface area (Å²) in [4.78, 5) is 0. The Kier molecular flexibility index (Phi) is 3.70. The van der Waals surface area contributed by atoms with Gasteiger partial charge in [-0.15, -0.1) is 6.42 Å². The molecule has 0 bridgehead atoms. The van der Waals surface area contributed by atoms with Gasteiger partial charge in [0.05, 0.1) is 0 Å². The van der Waals surface area contributed by atoms with Crippen molar-refractivity contribution >= 4 is 0 Å². The van der Waals surface area contributed by atoms with Crippen molar-refractivity contribution in [1.29, 1.82) is 0 Å². The Hall–Kier alpha value is 1.10. The molecule has 1 aliphatic rings. The molecule has 0 saturated heterocycles. The average Bonchev–Trinajstić information content (AvgIpc) is 1.61. The van der Waals surface area contributed by atoms with Gasteiger partial charge in [-0.25, -0.2) is 0 Å². The molecular formula is C6H11Y-. The Bertz CT molecular complexity index is 44.1. The third-order valence-electron chi connectivity index (χ3n) is 1.81. The van der Waals surface area contributed by atoms with E-state index in [0.29, 0.717) is 0 Å². The standard InChI is InChI=1S/C6H11.Y/c1-5-3-4-6(5)2;/h5H,3-4H2,1-2H3;/q-1;. The Labute approximate surface area is 70.9 Å². The molecule has 1 rings (SSSR count). The molecule has 1 atom stereocenters. The molecule has 1 unspecified atom stereocenters. The van der Waals surface area contributed by atoms with E-state index in [1.165, 1.54) is 12.8 Å². The summed E-state index contributed by atoms with van der Waals surface area (Å²) >= 11 is 0. The largest absolute Gasteiger partial charge is 0.314 e. The first-order chi connectivity index (χ1) is 2.80. The van der Waals surface area contributed by atoms with Crippen LogP contribution in [0.25, 0.3) is 0 Å². The van der Waals surface area contributed by atoms with Crippen LogP contribution in [-0.4, -0.2) is 0 Å². The minimum absolute atomic E-state index is 0. The molecule has 0 heterocycles. The van der Waals surface area contributed by atoms with Crippen LogP contribution >= 0.6 is 0 Å². The summed E-state index contributed by atoms with van der Waals surface area (Å²) in [7, 11) is 0. The van der Waals surface area contributed by atoms with Crippen molar-refractivity contribution in [3.8, 4) is 0 Å². The fourth-order valence-corrected chi connectivity index (χ4v) is 0.722. The molecule has 0 aromatic carbocycles.